The Morgan fingerprint density at radius 2 is 1.95 bits per heavy atom. The van der Waals surface area contributed by atoms with Gasteiger partial charge in [-0.05, 0) is 18.2 Å². The Morgan fingerprint density at radius 1 is 1.37 bits per heavy atom. The van der Waals surface area contributed by atoms with E-state index < -0.39 is 17.6 Å². The van der Waals surface area contributed by atoms with E-state index in [0.717, 1.165) is 12.1 Å². The second kappa shape index (κ2) is 5.43. The standard InChI is InChI=1S/C11H12F3N3OS/c1-17(5-9(15)18)8-3-2-6(11(12,13)14)4-7(8)10(16)19/h2-4H,5H2,1H3,(H2,15,18)(H2,16,19). The fraction of sp³-hybridized carbons (Fsp3) is 0.273. The van der Waals surface area contributed by atoms with Gasteiger partial charge in [0.25, 0.3) is 0 Å². The van der Waals surface area contributed by atoms with Crippen LogP contribution < -0.4 is 16.4 Å². The van der Waals surface area contributed by atoms with Gasteiger partial charge in [0, 0.05) is 18.3 Å². The van der Waals surface area contributed by atoms with Gasteiger partial charge in [-0.3, -0.25) is 4.79 Å². The van der Waals surface area contributed by atoms with Crippen LogP contribution in [-0.2, 0) is 11.0 Å². The molecule has 0 atom stereocenters. The monoisotopic (exact) mass is 291 g/mol. The number of carbonyl (C=O) groups excluding carboxylic acids is 1. The van der Waals surface area contributed by atoms with Gasteiger partial charge in [0.1, 0.15) is 4.99 Å². The lowest BCUT2D eigenvalue weighted by molar-refractivity contribution is -0.137. The van der Waals surface area contributed by atoms with Gasteiger partial charge in [0.15, 0.2) is 0 Å². The molecule has 0 aliphatic carbocycles. The van der Waals surface area contributed by atoms with Gasteiger partial charge < -0.3 is 16.4 Å². The molecule has 1 aromatic carbocycles. The number of halogens is 3. The Bertz CT molecular complexity index is 516. The number of nitrogens with two attached hydrogens (primary N) is 2. The van der Waals surface area contributed by atoms with Crippen LogP contribution in [0.5, 0.6) is 0 Å². The highest BCUT2D eigenvalue weighted by Gasteiger charge is 2.31. The highest BCUT2D eigenvalue weighted by atomic mass is 32.1. The third-order valence-corrected chi connectivity index (χ3v) is 2.61. The molecule has 0 aromatic heterocycles. The Morgan fingerprint density at radius 3 is 2.37 bits per heavy atom. The van der Waals surface area contributed by atoms with Crippen LogP contribution >= 0.6 is 12.2 Å². The van der Waals surface area contributed by atoms with Gasteiger partial charge in [-0.1, -0.05) is 12.2 Å². The minimum Gasteiger partial charge on any atom is -0.389 e. The quantitative estimate of drug-likeness (QED) is 0.819. The summed E-state index contributed by atoms with van der Waals surface area (Å²) in [7, 11) is 1.51. The molecule has 0 spiro atoms. The molecule has 104 valence electrons. The summed E-state index contributed by atoms with van der Waals surface area (Å²) >= 11 is 4.73. The maximum atomic E-state index is 12.6. The second-order valence-corrected chi connectivity index (χ2v) is 4.36. The predicted octanol–water partition coefficient (Wildman–Crippen LogP) is 1.26. The average Bonchev–Trinajstić information content (AvgIpc) is 2.25. The molecule has 0 saturated carbocycles. The van der Waals surface area contributed by atoms with Gasteiger partial charge in [-0.25, -0.2) is 0 Å². The van der Waals surface area contributed by atoms with Crippen LogP contribution in [0, 0.1) is 0 Å². The molecule has 0 radical (unpaired) electrons. The number of nitrogens with zero attached hydrogens (tertiary/aromatic N) is 1. The lowest BCUT2D eigenvalue weighted by Crippen LogP contribution is -2.32. The maximum Gasteiger partial charge on any atom is 0.416 e. The van der Waals surface area contributed by atoms with E-state index in [-0.39, 0.29) is 17.1 Å². The summed E-state index contributed by atoms with van der Waals surface area (Å²) in [5.74, 6) is -0.615. The van der Waals surface area contributed by atoms with Crippen LogP contribution in [0.4, 0.5) is 18.9 Å². The minimum absolute atomic E-state index is 0.0496. The first-order chi connectivity index (χ1) is 8.62. The first kappa shape index (κ1) is 15.2. The van der Waals surface area contributed by atoms with E-state index in [1.807, 2.05) is 0 Å². The molecule has 0 saturated heterocycles. The lowest BCUT2D eigenvalue weighted by atomic mass is 10.1. The zero-order chi connectivity index (χ0) is 14.8. The van der Waals surface area contributed by atoms with E-state index in [2.05, 4.69) is 0 Å². The molecule has 19 heavy (non-hydrogen) atoms. The highest BCUT2D eigenvalue weighted by Crippen LogP contribution is 2.32. The Balaban J connectivity index is 3.26. The molecule has 4 N–H and O–H groups in total. The van der Waals surface area contributed by atoms with Gasteiger partial charge in [0.2, 0.25) is 5.91 Å². The second-order valence-electron chi connectivity index (χ2n) is 3.92. The molecule has 1 rings (SSSR count). The molecule has 4 nitrogen and oxygen atoms in total. The van der Waals surface area contributed by atoms with Crippen LogP contribution in [-0.4, -0.2) is 24.5 Å². The average molecular weight is 291 g/mol. The number of rotatable bonds is 4. The van der Waals surface area contributed by atoms with Crippen molar-refractivity contribution >= 4 is 28.8 Å². The molecule has 1 amide bonds. The number of primary amides is 1. The van der Waals surface area contributed by atoms with Crippen LogP contribution in [0.15, 0.2) is 18.2 Å². The van der Waals surface area contributed by atoms with Gasteiger partial charge in [0.05, 0.1) is 12.1 Å². The number of amides is 1. The first-order valence-electron chi connectivity index (χ1n) is 5.13. The zero-order valence-electron chi connectivity index (χ0n) is 9.99. The Hall–Kier alpha value is -1.83. The summed E-state index contributed by atoms with van der Waals surface area (Å²) in [6.07, 6.45) is -4.49. The van der Waals surface area contributed by atoms with Crippen molar-refractivity contribution in [1.82, 2.24) is 0 Å². The van der Waals surface area contributed by atoms with Gasteiger partial charge >= 0.3 is 6.18 Å². The fourth-order valence-corrected chi connectivity index (χ4v) is 1.73. The number of carbonyl (C=O) groups is 1. The van der Waals surface area contributed by atoms with E-state index in [9.17, 15) is 18.0 Å². The van der Waals surface area contributed by atoms with Crippen LogP contribution in [0.3, 0.4) is 0 Å². The molecule has 0 bridgehead atoms. The van der Waals surface area contributed by atoms with Crippen LogP contribution in [0.1, 0.15) is 11.1 Å². The topological polar surface area (TPSA) is 72.3 Å². The van der Waals surface area contributed by atoms with E-state index in [0.29, 0.717) is 5.69 Å². The maximum absolute atomic E-state index is 12.6. The molecule has 0 unspecified atom stereocenters. The van der Waals surface area contributed by atoms with Gasteiger partial charge in [-0.15, -0.1) is 0 Å². The number of alkyl halides is 3. The smallest absolute Gasteiger partial charge is 0.389 e. The summed E-state index contributed by atoms with van der Waals surface area (Å²) in [4.78, 5) is 12.0. The Kier molecular flexibility index (Phi) is 4.35. The number of thiocarbonyl (C=S) groups is 1. The SMILES string of the molecule is CN(CC(N)=O)c1ccc(C(F)(F)F)cc1C(N)=S. The third-order valence-electron chi connectivity index (χ3n) is 2.39. The molecule has 1 aromatic rings. The summed E-state index contributed by atoms with van der Waals surface area (Å²) in [5, 5.41) is 0. The predicted molar refractivity (Wildman–Crippen MR) is 69.8 cm³/mol. The van der Waals surface area contributed by atoms with Crippen molar-refractivity contribution in [2.24, 2.45) is 11.5 Å². The van der Waals surface area contributed by atoms with Gasteiger partial charge in [-0.2, -0.15) is 13.2 Å². The van der Waals surface area contributed by atoms with Crippen molar-refractivity contribution in [3.05, 3.63) is 29.3 Å². The molecule has 0 heterocycles. The van der Waals surface area contributed by atoms with Crippen molar-refractivity contribution in [3.63, 3.8) is 0 Å². The molecule has 8 heteroatoms. The van der Waals surface area contributed by atoms with E-state index in [4.69, 9.17) is 23.7 Å². The number of hydrogen-bond donors (Lipinski definition) is 2. The highest BCUT2D eigenvalue weighted by molar-refractivity contribution is 7.80. The summed E-state index contributed by atoms with van der Waals surface area (Å²) in [5.41, 5.74) is 9.96. The summed E-state index contributed by atoms with van der Waals surface area (Å²) in [6.45, 7) is -0.152. The summed E-state index contributed by atoms with van der Waals surface area (Å²) in [6, 6.07) is 2.96. The van der Waals surface area contributed by atoms with E-state index in [1.165, 1.54) is 18.0 Å². The van der Waals surface area contributed by atoms with Crippen molar-refractivity contribution in [3.8, 4) is 0 Å². The summed E-state index contributed by atoms with van der Waals surface area (Å²) < 4.78 is 37.8. The van der Waals surface area contributed by atoms with Crippen LogP contribution in [0.2, 0.25) is 0 Å². The van der Waals surface area contributed by atoms with E-state index in [1.54, 1.807) is 0 Å². The lowest BCUT2D eigenvalue weighted by Gasteiger charge is -2.21. The fourth-order valence-electron chi connectivity index (χ4n) is 1.56. The normalized spacial score (nSPS) is 11.2. The van der Waals surface area contributed by atoms with Crippen molar-refractivity contribution in [2.75, 3.05) is 18.5 Å². The number of hydrogen-bond acceptors (Lipinski definition) is 3. The largest absolute Gasteiger partial charge is 0.416 e. The van der Waals surface area contributed by atoms with Crippen LogP contribution in [0.25, 0.3) is 0 Å². The first-order valence-corrected chi connectivity index (χ1v) is 5.54. The Labute approximate surface area is 113 Å². The molecule has 0 aliphatic heterocycles. The molecular weight excluding hydrogens is 279 g/mol. The molecule has 0 fully saturated rings. The zero-order valence-corrected chi connectivity index (χ0v) is 10.8. The van der Waals surface area contributed by atoms with Crippen molar-refractivity contribution in [1.29, 1.82) is 0 Å². The molecule has 0 aliphatic rings. The minimum atomic E-state index is -4.49. The molecular formula is C11H12F3N3OS. The van der Waals surface area contributed by atoms with Crippen molar-refractivity contribution in [2.45, 2.75) is 6.18 Å². The third kappa shape index (κ3) is 3.82. The number of likely N-dealkylation sites (N-methyl/N-ethyl adjacent to an activating group) is 1. The van der Waals surface area contributed by atoms with Crippen molar-refractivity contribution < 1.29 is 18.0 Å². The number of anilines is 1. The number of benzene rings is 1. The van der Waals surface area contributed by atoms with E-state index >= 15 is 0 Å².